The van der Waals surface area contributed by atoms with Crippen LogP contribution in [0, 0.1) is 5.82 Å². The minimum absolute atomic E-state index is 0.000729. The third-order valence-electron chi connectivity index (χ3n) is 5.48. The maximum Gasteiger partial charge on any atom is 0.271 e. The summed E-state index contributed by atoms with van der Waals surface area (Å²) in [5.74, 6) is -0.219. The van der Waals surface area contributed by atoms with Crippen LogP contribution in [0.3, 0.4) is 0 Å². The summed E-state index contributed by atoms with van der Waals surface area (Å²) in [6.45, 7) is 2.98. The maximum absolute atomic E-state index is 14.2. The summed E-state index contributed by atoms with van der Waals surface area (Å²) >= 11 is 10.8. The Hall–Kier alpha value is -2.39. The molecule has 0 amide bonds. The molecule has 3 heterocycles. The Bertz CT molecular complexity index is 1540. The van der Waals surface area contributed by atoms with Gasteiger partial charge < -0.3 is 4.90 Å². The van der Waals surface area contributed by atoms with E-state index in [0.29, 0.717) is 28.2 Å². The molecule has 2 aromatic carbocycles. The lowest BCUT2D eigenvalue weighted by molar-refractivity contribution is -0.685. The molecule has 0 unspecified atom stereocenters. The third kappa shape index (κ3) is 4.17. The molecular formula is C24H20ClFN3OS3+. The number of thioether (sulfide) groups is 1. The molecule has 0 N–H and O–H groups in total. The lowest BCUT2D eigenvalue weighted by Gasteiger charge is -2.12. The second-order valence-corrected chi connectivity index (χ2v) is 10.9. The molecule has 33 heavy (non-hydrogen) atoms. The van der Waals surface area contributed by atoms with E-state index in [1.807, 2.05) is 60.5 Å². The first-order chi connectivity index (χ1) is 16.0. The fourth-order valence-electron chi connectivity index (χ4n) is 3.77. The average Bonchev–Trinajstić information content (AvgIpc) is 3.46. The van der Waals surface area contributed by atoms with Gasteiger partial charge in [-0.05, 0) is 37.3 Å². The van der Waals surface area contributed by atoms with Crippen LogP contribution >= 0.6 is 46.0 Å². The molecule has 0 aliphatic carbocycles. The second kappa shape index (κ2) is 9.10. The highest BCUT2D eigenvalue weighted by Crippen LogP contribution is 2.46. The SMILES string of the molecule is CCn1c(=O)/c(=C2\Sc3cc(Cl)ccc3N2C)s/c1=C\c1scc[n+]1Cc1ccccc1F. The van der Waals surface area contributed by atoms with Gasteiger partial charge >= 0.3 is 0 Å². The third-order valence-corrected chi connectivity index (χ3v) is 9.03. The van der Waals surface area contributed by atoms with Gasteiger partial charge in [0, 0.05) is 23.5 Å². The first-order valence-corrected chi connectivity index (χ1v) is 13.2. The van der Waals surface area contributed by atoms with Gasteiger partial charge in [-0.25, -0.2) is 4.39 Å². The fraction of sp³-hybridized carbons (Fsp3) is 0.167. The molecule has 5 rings (SSSR count). The van der Waals surface area contributed by atoms with Gasteiger partial charge in [-0.1, -0.05) is 46.8 Å². The highest BCUT2D eigenvalue weighted by molar-refractivity contribution is 8.08. The highest BCUT2D eigenvalue weighted by atomic mass is 35.5. The number of nitrogens with zero attached hydrogens (tertiary/aromatic N) is 3. The maximum atomic E-state index is 14.2. The molecule has 168 valence electrons. The summed E-state index contributed by atoms with van der Waals surface area (Å²) in [6.07, 6.45) is 3.97. The summed E-state index contributed by atoms with van der Waals surface area (Å²) in [6, 6.07) is 12.6. The fourth-order valence-corrected chi connectivity index (χ4v) is 7.37. The first-order valence-electron chi connectivity index (χ1n) is 10.3. The van der Waals surface area contributed by atoms with Crippen LogP contribution in [0.2, 0.25) is 5.02 Å². The molecular weight excluding hydrogens is 497 g/mol. The summed E-state index contributed by atoms with van der Waals surface area (Å²) < 4.78 is 19.6. The predicted molar refractivity (Wildman–Crippen MR) is 136 cm³/mol. The highest BCUT2D eigenvalue weighted by Gasteiger charge is 2.25. The van der Waals surface area contributed by atoms with Crippen molar-refractivity contribution in [2.45, 2.75) is 24.9 Å². The molecule has 0 radical (unpaired) electrons. The van der Waals surface area contributed by atoms with Gasteiger partial charge in [0.05, 0.1) is 22.7 Å². The molecule has 0 saturated carbocycles. The van der Waals surface area contributed by atoms with E-state index in [0.717, 1.165) is 25.3 Å². The Kier molecular flexibility index (Phi) is 6.18. The van der Waals surface area contributed by atoms with Gasteiger partial charge in [-0.3, -0.25) is 9.36 Å². The van der Waals surface area contributed by atoms with E-state index in [1.54, 1.807) is 39.8 Å². The van der Waals surface area contributed by atoms with Crippen molar-refractivity contribution >= 4 is 62.8 Å². The lowest BCUT2D eigenvalue weighted by Crippen LogP contribution is -2.36. The Morgan fingerprint density at radius 3 is 2.82 bits per heavy atom. The Labute approximate surface area is 207 Å². The topological polar surface area (TPSA) is 29.1 Å². The number of rotatable bonds is 4. The van der Waals surface area contributed by atoms with Gasteiger partial charge in [0.1, 0.15) is 20.0 Å². The van der Waals surface area contributed by atoms with E-state index in [9.17, 15) is 9.18 Å². The molecule has 0 fully saturated rings. The quantitative estimate of drug-likeness (QED) is 0.380. The number of thiazole rings is 2. The molecule has 9 heteroatoms. The van der Waals surface area contributed by atoms with Crippen molar-refractivity contribution in [3.8, 4) is 0 Å². The van der Waals surface area contributed by atoms with Gasteiger partial charge in [0.2, 0.25) is 0 Å². The van der Waals surface area contributed by atoms with Gasteiger partial charge in [-0.2, -0.15) is 4.57 Å². The number of benzene rings is 2. The van der Waals surface area contributed by atoms with Crippen molar-refractivity contribution in [1.82, 2.24) is 4.57 Å². The van der Waals surface area contributed by atoms with Gasteiger partial charge in [0.15, 0.2) is 12.7 Å². The first kappa shape index (κ1) is 22.4. The molecule has 0 bridgehead atoms. The van der Waals surface area contributed by atoms with E-state index in [2.05, 4.69) is 4.90 Å². The summed E-state index contributed by atoms with van der Waals surface area (Å²) in [4.78, 5) is 16.4. The standard InChI is InChI=1S/C24H20ClFN3OS3/c1-3-29-21(13-20-28(10-11-31-20)14-15-6-4-5-7-17(15)26)33-22(23(29)30)24-27(2)18-9-8-16(25)12-19(18)32-24/h4-13H,3,14H2,1-2H3/q+1/b24-22+. The van der Waals surface area contributed by atoms with Crippen LogP contribution in [0.25, 0.3) is 11.1 Å². The van der Waals surface area contributed by atoms with Crippen LogP contribution < -0.4 is 24.2 Å². The van der Waals surface area contributed by atoms with Crippen molar-refractivity contribution in [2.75, 3.05) is 11.9 Å². The Morgan fingerprint density at radius 2 is 2.03 bits per heavy atom. The zero-order valence-corrected chi connectivity index (χ0v) is 21.1. The van der Waals surface area contributed by atoms with E-state index in [4.69, 9.17) is 11.6 Å². The number of halogens is 2. The normalized spacial score (nSPS) is 15.4. The predicted octanol–water partition coefficient (Wildman–Crippen LogP) is 4.26. The minimum atomic E-state index is -0.219. The monoisotopic (exact) mass is 516 g/mol. The summed E-state index contributed by atoms with van der Waals surface area (Å²) in [5.41, 5.74) is 1.67. The molecule has 4 nitrogen and oxygen atoms in total. The number of hydrogen-bond acceptors (Lipinski definition) is 5. The van der Waals surface area contributed by atoms with Crippen molar-refractivity contribution in [2.24, 2.45) is 0 Å². The smallest absolute Gasteiger partial charge is 0.271 e. The van der Waals surface area contributed by atoms with Crippen LogP contribution in [0.4, 0.5) is 10.1 Å². The van der Waals surface area contributed by atoms with Crippen molar-refractivity contribution in [3.05, 3.63) is 95.0 Å². The van der Waals surface area contributed by atoms with Crippen LogP contribution in [0.1, 0.15) is 17.5 Å². The van der Waals surface area contributed by atoms with Crippen LogP contribution in [0.15, 0.2) is 63.7 Å². The largest absolute Gasteiger partial charge is 0.337 e. The van der Waals surface area contributed by atoms with Crippen molar-refractivity contribution in [3.63, 3.8) is 0 Å². The van der Waals surface area contributed by atoms with Crippen molar-refractivity contribution < 1.29 is 8.96 Å². The number of anilines is 1. The summed E-state index contributed by atoms with van der Waals surface area (Å²) in [5, 5.41) is 4.53. The Balaban J connectivity index is 1.61. The van der Waals surface area contributed by atoms with Gasteiger partial charge in [0.25, 0.3) is 10.6 Å². The van der Waals surface area contributed by atoms with Crippen molar-refractivity contribution in [1.29, 1.82) is 0 Å². The van der Waals surface area contributed by atoms with Crippen LogP contribution in [-0.2, 0) is 13.1 Å². The zero-order chi connectivity index (χ0) is 23.1. The van der Waals surface area contributed by atoms with E-state index < -0.39 is 0 Å². The summed E-state index contributed by atoms with van der Waals surface area (Å²) in [7, 11) is 1.97. The molecule has 1 aliphatic heterocycles. The van der Waals surface area contributed by atoms with E-state index in [1.165, 1.54) is 17.4 Å². The lowest BCUT2D eigenvalue weighted by atomic mass is 10.2. The minimum Gasteiger partial charge on any atom is -0.337 e. The van der Waals surface area contributed by atoms with Gasteiger partial charge in [-0.15, -0.1) is 11.3 Å². The van der Waals surface area contributed by atoms with E-state index >= 15 is 0 Å². The molecule has 0 spiro atoms. The van der Waals surface area contributed by atoms with E-state index in [-0.39, 0.29) is 11.4 Å². The molecule has 4 aromatic rings. The van der Waals surface area contributed by atoms with Crippen LogP contribution in [-0.4, -0.2) is 11.6 Å². The number of aromatic nitrogens is 2. The molecule has 0 saturated heterocycles. The second-order valence-electron chi connectivity index (χ2n) is 7.50. The molecule has 0 atom stereocenters. The molecule has 1 aliphatic rings. The zero-order valence-electron chi connectivity index (χ0n) is 17.9. The number of hydrogen-bond donors (Lipinski definition) is 0. The Morgan fingerprint density at radius 1 is 1.21 bits per heavy atom. The number of fused-ring (bicyclic) bond motifs is 1. The average molecular weight is 517 g/mol. The van der Waals surface area contributed by atoms with Crippen LogP contribution in [0.5, 0.6) is 0 Å². The molecule has 2 aromatic heterocycles.